The van der Waals surface area contributed by atoms with Crippen molar-refractivity contribution in [2.75, 3.05) is 25.0 Å². The predicted molar refractivity (Wildman–Crippen MR) is 123 cm³/mol. The number of ether oxygens (including phenoxy) is 1. The summed E-state index contributed by atoms with van der Waals surface area (Å²) in [6.07, 6.45) is -4.82. The fourth-order valence-corrected chi connectivity index (χ4v) is 2.94. The van der Waals surface area contributed by atoms with Crippen molar-refractivity contribution < 1.29 is 32.3 Å². The number of halogens is 3. The van der Waals surface area contributed by atoms with Crippen molar-refractivity contribution in [1.82, 2.24) is 14.9 Å². The Morgan fingerprint density at radius 2 is 1.86 bits per heavy atom. The standard InChI is InChI=1S/C21H26F3N7O5/c1-12-5-3-4-6-14(12)7-8-28-16-18(33)31(11-15(32)27-9-10-35-30-20(25)26)13(2)17(29-16)36-19(34)21(22,23)24/h3-6H,7-11H2,1-2H3,(H,27,32)(H,28,29)(H4,25,26,30). The number of alkyl halides is 3. The molecule has 0 spiro atoms. The van der Waals surface area contributed by atoms with Crippen LogP contribution in [0.25, 0.3) is 0 Å². The van der Waals surface area contributed by atoms with Gasteiger partial charge in [0.05, 0.1) is 12.2 Å². The Morgan fingerprint density at radius 3 is 2.50 bits per heavy atom. The van der Waals surface area contributed by atoms with Gasteiger partial charge >= 0.3 is 12.1 Å². The third-order valence-electron chi connectivity index (χ3n) is 4.73. The first-order valence-corrected chi connectivity index (χ1v) is 10.6. The fraction of sp³-hybridized carbons (Fsp3) is 0.381. The molecule has 0 fully saturated rings. The summed E-state index contributed by atoms with van der Waals surface area (Å²) in [6.45, 7) is 2.57. The van der Waals surface area contributed by atoms with E-state index in [4.69, 9.17) is 16.3 Å². The van der Waals surface area contributed by atoms with Crippen molar-refractivity contribution in [2.24, 2.45) is 16.6 Å². The lowest BCUT2D eigenvalue weighted by molar-refractivity contribution is -0.190. The minimum atomic E-state index is -5.29. The van der Waals surface area contributed by atoms with Crippen LogP contribution in [0.3, 0.4) is 0 Å². The number of hydrogen-bond donors (Lipinski definition) is 4. The Morgan fingerprint density at radius 1 is 1.17 bits per heavy atom. The van der Waals surface area contributed by atoms with Crippen LogP contribution >= 0.6 is 0 Å². The summed E-state index contributed by atoms with van der Waals surface area (Å²) in [5, 5.41) is 8.45. The van der Waals surface area contributed by atoms with E-state index in [-0.39, 0.29) is 37.2 Å². The summed E-state index contributed by atoms with van der Waals surface area (Å²) in [5.41, 5.74) is 11.1. The first-order chi connectivity index (χ1) is 16.9. The van der Waals surface area contributed by atoms with E-state index in [0.717, 1.165) is 15.7 Å². The highest BCUT2D eigenvalue weighted by Gasteiger charge is 2.42. The first kappa shape index (κ1) is 27.9. The molecule has 2 aromatic rings. The molecule has 1 aromatic carbocycles. The number of rotatable bonds is 11. The number of nitrogens with one attached hydrogen (secondary N) is 2. The molecule has 1 heterocycles. The van der Waals surface area contributed by atoms with E-state index < -0.39 is 36.0 Å². The quantitative estimate of drug-likeness (QED) is 0.108. The van der Waals surface area contributed by atoms with E-state index >= 15 is 0 Å². The van der Waals surface area contributed by atoms with Gasteiger partial charge < -0.3 is 31.7 Å². The highest BCUT2D eigenvalue weighted by molar-refractivity contribution is 5.78. The summed E-state index contributed by atoms with van der Waals surface area (Å²) in [6, 6.07) is 7.50. The number of nitrogens with zero attached hydrogens (tertiary/aromatic N) is 3. The number of carbonyl (C=O) groups is 2. The van der Waals surface area contributed by atoms with Crippen molar-refractivity contribution in [3.05, 3.63) is 51.4 Å². The lowest BCUT2D eigenvalue weighted by Crippen LogP contribution is -2.37. The molecule has 1 aromatic heterocycles. The Hall–Kier alpha value is -4.30. The van der Waals surface area contributed by atoms with E-state index in [2.05, 4.69) is 25.5 Å². The third-order valence-corrected chi connectivity index (χ3v) is 4.73. The summed E-state index contributed by atoms with van der Waals surface area (Å²) in [4.78, 5) is 45.1. The van der Waals surface area contributed by atoms with Crippen LogP contribution in [0.4, 0.5) is 19.0 Å². The lowest BCUT2D eigenvalue weighted by atomic mass is 10.1. The van der Waals surface area contributed by atoms with Gasteiger partial charge in [0.25, 0.3) is 5.56 Å². The van der Waals surface area contributed by atoms with Gasteiger partial charge in [0.15, 0.2) is 5.82 Å². The normalized spacial score (nSPS) is 10.9. The zero-order valence-corrected chi connectivity index (χ0v) is 19.5. The van der Waals surface area contributed by atoms with E-state index in [9.17, 15) is 27.6 Å². The van der Waals surface area contributed by atoms with E-state index in [0.29, 0.717) is 6.42 Å². The molecule has 0 aliphatic rings. The molecule has 0 saturated heterocycles. The molecule has 1 amide bonds. The third kappa shape index (κ3) is 8.18. The lowest BCUT2D eigenvalue weighted by Gasteiger charge is -2.16. The van der Waals surface area contributed by atoms with Crippen molar-refractivity contribution in [3.8, 4) is 5.88 Å². The predicted octanol–water partition coefficient (Wildman–Crippen LogP) is 0.304. The van der Waals surface area contributed by atoms with Crippen LogP contribution in [-0.4, -0.2) is 53.3 Å². The summed E-state index contributed by atoms with van der Waals surface area (Å²) in [7, 11) is 0. The minimum Gasteiger partial charge on any atom is -0.399 e. The molecule has 0 atom stereocenters. The average molecular weight is 513 g/mol. The van der Waals surface area contributed by atoms with Crippen LogP contribution in [0.2, 0.25) is 0 Å². The number of aryl methyl sites for hydroxylation is 1. The van der Waals surface area contributed by atoms with Crippen LogP contribution in [0, 0.1) is 13.8 Å². The molecule has 6 N–H and O–H groups in total. The molecular formula is C21H26F3N7O5. The number of esters is 1. The number of guanidine groups is 1. The molecule has 0 aliphatic heterocycles. The monoisotopic (exact) mass is 513 g/mol. The summed E-state index contributed by atoms with van der Waals surface area (Å²) in [5.74, 6) is -4.67. The Labute approximate surface area is 203 Å². The highest BCUT2D eigenvalue weighted by Crippen LogP contribution is 2.21. The van der Waals surface area contributed by atoms with E-state index in [1.54, 1.807) is 0 Å². The molecule has 0 unspecified atom stereocenters. The number of hydrogen-bond acceptors (Lipinski definition) is 8. The van der Waals surface area contributed by atoms with Crippen LogP contribution in [0.5, 0.6) is 5.88 Å². The average Bonchev–Trinajstić information content (AvgIpc) is 2.79. The van der Waals surface area contributed by atoms with E-state index in [1.165, 1.54) is 6.92 Å². The largest absolute Gasteiger partial charge is 0.491 e. The number of carbonyl (C=O) groups excluding carboxylic acids is 2. The van der Waals surface area contributed by atoms with Gasteiger partial charge in [-0.05, 0) is 36.6 Å². The second-order valence-electron chi connectivity index (χ2n) is 7.43. The van der Waals surface area contributed by atoms with Gasteiger partial charge in [-0.25, -0.2) is 4.79 Å². The zero-order chi connectivity index (χ0) is 26.9. The smallest absolute Gasteiger partial charge is 0.399 e. The number of amides is 1. The molecular weight excluding hydrogens is 487 g/mol. The van der Waals surface area contributed by atoms with Gasteiger partial charge in [-0.1, -0.05) is 24.3 Å². The minimum absolute atomic E-state index is 0.0358. The maximum atomic E-state index is 12.9. The van der Waals surface area contributed by atoms with Crippen molar-refractivity contribution in [1.29, 1.82) is 0 Å². The van der Waals surface area contributed by atoms with Gasteiger partial charge in [-0.3, -0.25) is 14.2 Å². The second-order valence-corrected chi connectivity index (χ2v) is 7.43. The van der Waals surface area contributed by atoms with Crippen LogP contribution in [0.15, 0.2) is 34.2 Å². The SMILES string of the molecule is Cc1ccccc1CCNc1nc(OC(=O)C(F)(F)F)c(C)n(CC(=O)NCCON=C(N)N)c1=O. The Balaban J connectivity index is 2.24. The van der Waals surface area contributed by atoms with Gasteiger partial charge in [-0.2, -0.15) is 18.2 Å². The van der Waals surface area contributed by atoms with Gasteiger partial charge in [0.2, 0.25) is 17.7 Å². The molecule has 0 bridgehead atoms. The van der Waals surface area contributed by atoms with E-state index in [1.807, 2.05) is 31.2 Å². The second kappa shape index (κ2) is 12.4. The van der Waals surface area contributed by atoms with Crippen LogP contribution in [-0.2, 0) is 27.4 Å². The number of anilines is 1. The highest BCUT2D eigenvalue weighted by atomic mass is 19.4. The molecule has 15 heteroatoms. The van der Waals surface area contributed by atoms with Crippen LogP contribution < -0.4 is 32.4 Å². The summed E-state index contributed by atoms with van der Waals surface area (Å²) >= 11 is 0. The molecule has 0 saturated carbocycles. The number of benzene rings is 1. The molecule has 12 nitrogen and oxygen atoms in total. The molecule has 0 aliphatic carbocycles. The Kier molecular flexibility index (Phi) is 9.64. The van der Waals surface area contributed by atoms with Crippen molar-refractivity contribution >= 4 is 23.7 Å². The van der Waals surface area contributed by atoms with Gasteiger partial charge in [0.1, 0.15) is 13.2 Å². The maximum Gasteiger partial charge on any atom is 0.491 e. The number of oxime groups is 1. The fourth-order valence-electron chi connectivity index (χ4n) is 2.94. The molecule has 0 radical (unpaired) electrons. The van der Waals surface area contributed by atoms with Gasteiger partial charge in [0, 0.05) is 6.54 Å². The topological polar surface area (TPSA) is 176 Å². The maximum absolute atomic E-state index is 12.9. The zero-order valence-electron chi connectivity index (χ0n) is 19.5. The number of nitrogens with two attached hydrogens (primary N) is 2. The van der Waals surface area contributed by atoms with Crippen molar-refractivity contribution in [2.45, 2.75) is 33.0 Å². The molecule has 2 rings (SSSR count). The van der Waals surface area contributed by atoms with Gasteiger partial charge in [-0.15, -0.1) is 0 Å². The summed E-state index contributed by atoms with van der Waals surface area (Å²) < 4.78 is 43.5. The molecule has 196 valence electrons. The molecule has 36 heavy (non-hydrogen) atoms. The number of aromatic nitrogens is 2. The van der Waals surface area contributed by atoms with Crippen LogP contribution in [0.1, 0.15) is 16.8 Å². The first-order valence-electron chi connectivity index (χ1n) is 10.6. The van der Waals surface area contributed by atoms with Crippen molar-refractivity contribution in [3.63, 3.8) is 0 Å². The Bertz CT molecular complexity index is 1180.